The molecule has 3 heteroatoms. The number of hydrogen-bond acceptors (Lipinski definition) is 3. The van der Waals surface area contributed by atoms with Crippen LogP contribution in [0.25, 0.3) is 0 Å². The van der Waals surface area contributed by atoms with Crippen molar-refractivity contribution in [2.24, 2.45) is 5.92 Å². The van der Waals surface area contributed by atoms with E-state index in [2.05, 4.69) is 24.4 Å². The second-order valence-electron chi connectivity index (χ2n) is 5.68. The van der Waals surface area contributed by atoms with Crippen molar-refractivity contribution in [2.45, 2.75) is 51.6 Å². The molecule has 1 aromatic carbocycles. The van der Waals surface area contributed by atoms with Gasteiger partial charge in [0, 0.05) is 6.54 Å². The third-order valence-electron chi connectivity index (χ3n) is 4.39. The predicted molar refractivity (Wildman–Crippen MR) is 80.3 cm³/mol. The lowest BCUT2D eigenvalue weighted by atomic mass is 9.73. The maximum Gasteiger partial charge on any atom is 0.326 e. The SMILES string of the molecule is CCOC(=O)C1(NCc2ccccc2)CCCCC1C. The van der Waals surface area contributed by atoms with Crippen molar-refractivity contribution >= 4 is 5.97 Å². The van der Waals surface area contributed by atoms with Crippen molar-refractivity contribution in [3.8, 4) is 0 Å². The Morgan fingerprint density at radius 1 is 1.35 bits per heavy atom. The average Bonchev–Trinajstić information content (AvgIpc) is 2.48. The zero-order valence-corrected chi connectivity index (χ0v) is 12.5. The second-order valence-corrected chi connectivity index (χ2v) is 5.68. The minimum atomic E-state index is -0.510. The fraction of sp³-hybridized carbons (Fsp3) is 0.588. The van der Waals surface area contributed by atoms with E-state index in [0.29, 0.717) is 19.1 Å². The molecule has 0 saturated heterocycles. The van der Waals surface area contributed by atoms with E-state index in [1.165, 1.54) is 12.0 Å². The molecule has 0 spiro atoms. The lowest BCUT2D eigenvalue weighted by Crippen LogP contribution is -2.58. The number of rotatable bonds is 5. The molecule has 2 atom stereocenters. The molecule has 2 unspecified atom stereocenters. The van der Waals surface area contributed by atoms with Gasteiger partial charge in [-0.2, -0.15) is 0 Å². The van der Waals surface area contributed by atoms with E-state index in [1.807, 2.05) is 25.1 Å². The summed E-state index contributed by atoms with van der Waals surface area (Å²) in [6.07, 6.45) is 4.25. The Morgan fingerprint density at radius 2 is 2.10 bits per heavy atom. The average molecular weight is 275 g/mol. The van der Waals surface area contributed by atoms with Gasteiger partial charge in [-0.3, -0.25) is 10.1 Å². The van der Waals surface area contributed by atoms with Crippen LogP contribution in [0.5, 0.6) is 0 Å². The van der Waals surface area contributed by atoms with Gasteiger partial charge < -0.3 is 4.74 Å². The molecule has 3 nitrogen and oxygen atoms in total. The first-order valence-corrected chi connectivity index (χ1v) is 7.65. The minimum absolute atomic E-state index is 0.0804. The molecule has 110 valence electrons. The molecule has 0 radical (unpaired) electrons. The summed E-state index contributed by atoms with van der Waals surface area (Å²) in [7, 11) is 0. The molecule has 0 bridgehead atoms. The van der Waals surface area contributed by atoms with Crippen LogP contribution in [0.15, 0.2) is 30.3 Å². The molecule has 1 N–H and O–H groups in total. The van der Waals surface area contributed by atoms with Gasteiger partial charge in [-0.25, -0.2) is 0 Å². The predicted octanol–water partition coefficient (Wildman–Crippen LogP) is 3.29. The summed E-state index contributed by atoms with van der Waals surface area (Å²) in [5, 5.41) is 3.51. The van der Waals surface area contributed by atoms with Gasteiger partial charge in [0.25, 0.3) is 0 Å². The Labute approximate surface area is 121 Å². The van der Waals surface area contributed by atoms with E-state index in [-0.39, 0.29) is 5.97 Å². The third kappa shape index (κ3) is 3.21. The highest BCUT2D eigenvalue weighted by molar-refractivity contribution is 5.81. The highest BCUT2D eigenvalue weighted by Gasteiger charge is 2.45. The van der Waals surface area contributed by atoms with Gasteiger partial charge in [0.15, 0.2) is 0 Å². The molecule has 0 aliphatic heterocycles. The number of esters is 1. The van der Waals surface area contributed by atoms with Crippen molar-refractivity contribution < 1.29 is 9.53 Å². The first-order valence-electron chi connectivity index (χ1n) is 7.65. The van der Waals surface area contributed by atoms with Gasteiger partial charge in [-0.1, -0.05) is 50.1 Å². The number of ether oxygens (including phenoxy) is 1. The molecular formula is C17H25NO2. The Morgan fingerprint density at radius 3 is 2.75 bits per heavy atom. The number of carbonyl (C=O) groups excluding carboxylic acids is 1. The summed E-state index contributed by atoms with van der Waals surface area (Å²) in [5.41, 5.74) is 0.693. The Balaban J connectivity index is 2.12. The van der Waals surface area contributed by atoms with Gasteiger partial charge in [0.2, 0.25) is 0 Å². The third-order valence-corrected chi connectivity index (χ3v) is 4.39. The zero-order chi connectivity index (χ0) is 14.4. The summed E-state index contributed by atoms with van der Waals surface area (Å²) in [4.78, 5) is 12.5. The normalized spacial score (nSPS) is 26.2. The largest absolute Gasteiger partial charge is 0.465 e. The molecule has 0 amide bonds. The van der Waals surface area contributed by atoms with E-state index >= 15 is 0 Å². The maximum atomic E-state index is 12.5. The summed E-state index contributed by atoms with van der Waals surface area (Å²) in [6, 6.07) is 10.2. The number of benzene rings is 1. The molecule has 2 rings (SSSR count). The lowest BCUT2D eigenvalue weighted by Gasteiger charge is -2.41. The van der Waals surface area contributed by atoms with Gasteiger partial charge in [0.05, 0.1) is 6.61 Å². The Hall–Kier alpha value is -1.35. The maximum absolute atomic E-state index is 12.5. The molecule has 1 aliphatic rings. The molecule has 1 fully saturated rings. The van der Waals surface area contributed by atoms with Gasteiger partial charge in [-0.15, -0.1) is 0 Å². The first kappa shape index (κ1) is 15.0. The van der Waals surface area contributed by atoms with E-state index in [9.17, 15) is 4.79 Å². The molecule has 0 aromatic heterocycles. The van der Waals surface area contributed by atoms with Crippen molar-refractivity contribution in [3.05, 3.63) is 35.9 Å². The van der Waals surface area contributed by atoms with Crippen LogP contribution in [0, 0.1) is 5.92 Å². The van der Waals surface area contributed by atoms with E-state index < -0.39 is 5.54 Å². The van der Waals surface area contributed by atoms with Crippen molar-refractivity contribution in [2.75, 3.05) is 6.61 Å². The monoisotopic (exact) mass is 275 g/mol. The van der Waals surface area contributed by atoms with Crippen LogP contribution < -0.4 is 5.32 Å². The number of carbonyl (C=O) groups is 1. The smallest absolute Gasteiger partial charge is 0.326 e. The molecule has 1 saturated carbocycles. The Kier molecular flexibility index (Phi) is 5.18. The highest BCUT2D eigenvalue weighted by Crippen LogP contribution is 2.35. The number of hydrogen-bond donors (Lipinski definition) is 1. The van der Waals surface area contributed by atoms with Crippen molar-refractivity contribution in [1.82, 2.24) is 5.32 Å². The summed E-state index contributed by atoms with van der Waals surface area (Å²) in [5.74, 6) is 0.238. The van der Waals surface area contributed by atoms with E-state index in [1.54, 1.807) is 0 Å². The van der Waals surface area contributed by atoms with Gasteiger partial charge >= 0.3 is 5.97 Å². The number of nitrogens with one attached hydrogen (secondary N) is 1. The lowest BCUT2D eigenvalue weighted by molar-refractivity contribution is -0.155. The van der Waals surface area contributed by atoms with Crippen LogP contribution in [0.4, 0.5) is 0 Å². The quantitative estimate of drug-likeness (QED) is 0.838. The standard InChI is InChI=1S/C17H25NO2/c1-3-20-16(19)17(12-8-7-9-14(17)2)18-13-15-10-5-4-6-11-15/h4-6,10-11,14,18H,3,7-9,12-13H2,1-2H3. The molecule has 0 heterocycles. The van der Waals surface area contributed by atoms with E-state index in [0.717, 1.165) is 19.3 Å². The topological polar surface area (TPSA) is 38.3 Å². The fourth-order valence-corrected chi connectivity index (χ4v) is 3.10. The highest BCUT2D eigenvalue weighted by atomic mass is 16.5. The second kappa shape index (κ2) is 6.89. The van der Waals surface area contributed by atoms with Crippen LogP contribution in [0.2, 0.25) is 0 Å². The van der Waals surface area contributed by atoms with Gasteiger partial charge in [-0.05, 0) is 31.2 Å². The van der Waals surface area contributed by atoms with Crippen molar-refractivity contribution in [3.63, 3.8) is 0 Å². The van der Waals surface area contributed by atoms with Crippen LogP contribution >= 0.6 is 0 Å². The van der Waals surface area contributed by atoms with Gasteiger partial charge in [0.1, 0.15) is 5.54 Å². The minimum Gasteiger partial charge on any atom is -0.465 e. The van der Waals surface area contributed by atoms with Crippen LogP contribution in [-0.4, -0.2) is 18.1 Å². The van der Waals surface area contributed by atoms with Crippen LogP contribution in [0.3, 0.4) is 0 Å². The Bertz CT molecular complexity index is 432. The van der Waals surface area contributed by atoms with Crippen molar-refractivity contribution in [1.29, 1.82) is 0 Å². The molecule has 1 aliphatic carbocycles. The molecule has 1 aromatic rings. The van der Waals surface area contributed by atoms with E-state index in [4.69, 9.17) is 4.74 Å². The summed E-state index contributed by atoms with van der Waals surface area (Å²) >= 11 is 0. The summed E-state index contributed by atoms with van der Waals surface area (Å²) < 4.78 is 5.34. The fourth-order valence-electron chi connectivity index (χ4n) is 3.10. The first-order chi connectivity index (χ1) is 9.69. The van der Waals surface area contributed by atoms with Crippen LogP contribution in [0.1, 0.15) is 45.1 Å². The molecular weight excluding hydrogens is 250 g/mol. The zero-order valence-electron chi connectivity index (χ0n) is 12.5. The molecule has 20 heavy (non-hydrogen) atoms. The summed E-state index contributed by atoms with van der Waals surface area (Å²) in [6.45, 7) is 5.19. The van der Waals surface area contributed by atoms with Crippen LogP contribution in [-0.2, 0) is 16.1 Å².